The van der Waals surface area contributed by atoms with Crippen LogP contribution in [0.5, 0.6) is 5.75 Å². The zero-order valence-electron chi connectivity index (χ0n) is 16.4. The van der Waals surface area contributed by atoms with Crippen molar-refractivity contribution in [1.82, 2.24) is 4.57 Å². The molecule has 1 unspecified atom stereocenters. The van der Waals surface area contributed by atoms with E-state index in [2.05, 4.69) is 98.3 Å². The summed E-state index contributed by atoms with van der Waals surface area (Å²) in [6.07, 6.45) is -0.119. The van der Waals surface area contributed by atoms with Crippen LogP contribution in [0.4, 0.5) is 0 Å². The molecular weight excluding hydrogens is 342 g/mol. The first kappa shape index (κ1) is 16.9. The number of benzene rings is 3. The predicted octanol–water partition coefficient (Wildman–Crippen LogP) is 6.46. The molecule has 0 amide bonds. The number of para-hydroxylation sites is 1. The molecule has 1 atom stereocenters. The summed E-state index contributed by atoms with van der Waals surface area (Å²) in [7, 11) is 2.16. The molecule has 0 saturated heterocycles. The van der Waals surface area contributed by atoms with Crippen LogP contribution >= 0.6 is 0 Å². The molecule has 4 aromatic rings. The molecular formula is C26H23NO. The van der Waals surface area contributed by atoms with Crippen molar-refractivity contribution < 1.29 is 4.74 Å². The average Bonchev–Trinajstić information content (AvgIpc) is 3.00. The highest BCUT2D eigenvalue weighted by molar-refractivity contribution is 5.85. The maximum atomic E-state index is 6.55. The Kier molecular flexibility index (Phi) is 3.87. The summed E-state index contributed by atoms with van der Waals surface area (Å²) in [5.41, 5.74) is 9.93. The smallest absolute Gasteiger partial charge is 0.164 e. The minimum absolute atomic E-state index is 0.119. The Morgan fingerprint density at radius 2 is 1.46 bits per heavy atom. The van der Waals surface area contributed by atoms with E-state index in [1.54, 1.807) is 0 Å². The Balaban J connectivity index is 1.80. The third-order valence-electron chi connectivity index (χ3n) is 5.76. The lowest BCUT2D eigenvalue weighted by atomic mass is 9.92. The Morgan fingerprint density at radius 1 is 0.786 bits per heavy atom. The number of fused-ring (bicyclic) bond motifs is 3. The largest absolute Gasteiger partial charge is 0.479 e. The van der Waals surface area contributed by atoms with Gasteiger partial charge in [0.1, 0.15) is 5.75 Å². The maximum Gasteiger partial charge on any atom is 0.164 e. The minimum Gasteiger partial charge on any atom is -0.479 e. The molecule has 2 heterocycles. The molecule has 2 nitrogen and oxygen atoms in total. The van der Waals surface area contributed by atoms with E-state index >= 15 is 0 Å². The van der Waals surface area contributed by atoms with Crippen molar-refractivity contribution in [1.29, 1.82) is 0 Å². The van der Waals surface area contributed by atoms with Crippen LogP contribution in [-0.2, 0) is 7.05 Å². The van der Waals surface area contributed by atoms with Crippen LogP contribution in [-0.4, -0.2) is 4.57 Å². The molecule has 1 aromatic heterocycles. The lowest BCUT2D eigenvalue weighted by Gasteiger charge is -2.28. The summed E-state index contributed by atoms with van der Waals surface area (Å²) in [5.74, 6) is 0.953. The number of rotatable bonds is 2. The van der Waals surface area contributed by atoms with Crippen LogP contribution < -0.4 is 4.74 Å². The van der Waals surface area contributed by atoms with Gasteiger partial charge in [0.25, 0.3) is 0 Å². The van der Waals surface area contributed by atoms with Gasteiger partial charge in [-0.2, -0.15) is 0 Å². The van der Waals surface area contributed by atoms with Gasteiger partial charge < -0.3 is 9.30 Å². The van der Waals surface area contributed by atoms with E-state index in [9.17, 15) is 0 Å². The fourth-order valence-electron chi connectivity index (χ4n) is 4.43. The number of nitrogens with zero attached hydrogens (tertiary/aromatic N) is 1. The highest BCUT2D eigenvalue weighted by atomic mass is 16.5. The van der Waals surface area contributed by atoms with E-state index in [1.807, 2.05) is 6.07 Å². The van der Waals surface area contributed by atoms with E-state index in [-0.39, 0.29) is 6.10 Å². The zero-order valence-corrected chi connectivity index (χ0v) is 16.4. The van der Waals surface area contributed by atoms with Crippen molar-refractivity contribution in [3.8, 4) is 28.1 Å². The van der Waals surface area contributed by atoms with Crippen molar-refractivity contribution in [3.63, 3.8) is 0 Å². The molecule has 0 aliphatic carbocycles. The minimum atomic E-state index is -0.119. The molecule has 0 spiro atoms. The van der Waals surface area contributed by atoms with Gasteiger partial charge in [-0.25, -0.2) is 0 Å². The van der Waals surface area contributed by atoms with Gasteiger partial charge in [0.15, 0.2) is 6.10 Å². The number of hydrogen-bond acceptors (Lipinski definition) is 1. The fourth-order valence-corrected chi connectivity index (χ4v) is 4.43. The molecule has 0 saturated carbocycles. The summed E-state index contributed by atoms with van der Waals surface area (Å²) in [5, 5.41) is 0. The third-order valence-corrected chi connectivity index (χ3v) is 5.76. The zero-order chi connectivity index (χ0) is 19.3. The van der Waals surface area contributed by atoms with Gasteiger partial charge in [-0.15, -0.1) is 0 Å². The van der Waals surface area contributed by atoms with E-state index in [4.69, 9.17) is 4.74 Å². The molecule has 2 heteroatoms. The Labute approximate surface area is 166 Å². The Bertz CT molecular complexity index is 1150. The van der Waals surface area contributed by atoms with Gasteiger partial charge in [-0.3, -0.25) is 0 Å². The van der Waals surface area contributed by atoms with Gasteiger partial charge in [0.05, 0.1) is 11.4 Å². The van der Waals surface area contributed by atoms with Crippen LogP contribution in [0.15, 0.2) is 78.9 Å². The molecule has 0 radical (unpaired) electrons. The van der Waals surface area contributed by atoms with Gasteiger partial charge in [0.2, 0.25) is 0 Å². The molecule has 28 heavy (non-hydrogen) atoms. The summed E-state index contributed by atoms with van der Waals surface area (Å²) < 4.78 is 8.87. The van der Waals surface area contributed by atoms with Gasteiger partial charge in [-0.1, -0.05) is 78.4 Å². The van der Waals surface area contributed by atoms with Crippen LogP contribution in [0, 0.1) is 13.8 Å². The molecule has 1 aliphatic heterocycles. The molecule has 0 N–H and O–H groups in total. The molecule has 0 fully saturated rings. The van der Waals surface area contributed by atoms with Crippen LogP contribution in [0.25, 0.3) is 22.4 Å². The second-order valence-electron chi connectivity index (χ2n) is 7.56. The van der Waals surface area contributed by atoms with Crippen LogP contribution in [0.1, 0.15) is 28.5 Å². The van der Waals surface area contributed by atoms with E-state index < -0.39 is 0 Å². The summed E-state index contributed by atoms with van der Waals surface area (Å²) in [6.45, 7) is 4.35. The van der Waals surface area contributed by atoms with Gasteiger partial charge >= 0.3 is 0 Å². The number of ether oxygens (including phenoxy) is 1. The summed E-state index contributed by atoms with van der Waals surface area (Å²) in [6, 6.07) is 27.7. The lowest BCUT2D eigenvalue weighted by Crippen LogP contribution is -2.18. The summed E-state index contributed by atoms with van der Waals surface area (Å²) >= 11 is 0. The highest BCUT2D eigenvalue weighted by Crippen LogP contribution is 2.49. The fraction of sp³-hybridized carbons (Fsp3) is 0.154. The number of aryl methyl sites for hydroxylation is 1. The van der Waals surface area contributed by atoms with Gasteiger partial charge in [-0.05, 0) is 36.6 Å². The van der Waals surface area contributed by atoms with Crippen molar-refractivity contribution in [2.24, 2.45) is 7.05 Å². The molecule has 3 aromatic carbocycles. The third kappa shape index (κ3) is 2.49. The van der Waals surface area contributed by atoms with Gasteiger partial charge in [0, 0.05) is 18.2 Å². The Hall–Kier alpha value is -3.26. The molecule has 1 aliphatic rings. The predicted molar refractivity (Wildman–Crippen MR) is 115 cm³/mol. The normalized spacial score (nSPS) is 14.9. The molecule has 138 valence electrons. The topological polar surface area (TPSA) is 14.2 Å². The lowest BCUT2D eigenvalue weighted by molar-refractivity contribution is 0.235. The Morgan fingerprint density at radius 3 is 2.21 bits per heavy atom. The second kappa shape index (κ2) is 6.42. The van der Waals surface area contributed by atoms with Crippen molar-refractivity contribution >= 4 is 0 Å². The first-order valence-electron chi connectivity index (χ1n) is 9.72. The molecule has 0 bridgehead atoms. The maximum absolute atomic E-state index is 6.55. The standard InChI is InChI=1S/C26H23NO/c1-17-13-15-20(16-14-17)26-25-23(21-11-7-8-12-22(21)28-26)18(2)24(27(25)3)19-9-5-4-6-10-19/h4-16,26H,1-3H3. The first-order valence-corrected chi connectivity index (χ1v) is 9.72. The number of aromatic nitrogens is 1. The number of hydrogen-bond donors (Lipinski definition) is 0. The van der Waals surface area contributed by atoms with Crippen molar-refractivity contribution in [3.05, 3.63) is 101 Å². The average molecular weight is 365 g/mol. The second-order valence-corrected chi connectivity index (χ2v) is 7.56. The van der Waals surface area contributed by atoms with Crippen molar-refractivity contribution in [2.75, 3.05) is 0 Å². The quantitative estimate of drug-likeness (QED) is 0.398. The van der Waals surface area contributed by atoms with E-state index in [0.717, 1.165) is 5.75 Å². The van der Waals surface area contributed by atoms with Crippen LogP contribution in [0.2, 0.25) is 0 Å². The summed E-state index contributed by atoms with van der Waals surface area (Å²) in [4.78, 5) is 0. The molecule has 5 rings (SSSR count). The SMILES string of the molecule is Cc1ccc(C2Oc3ccccc3-c3c(C)c(-c4ccccc4)n(C)c32)cc1. The van der Waals surface area contributed by atoms with E-state index in [1.165, 1.54) is 44.8 Å². The van der Waals surface area contributed by atoms with E-state index in [0.29, 0.717) is 0 Å². The highest BCUT2D eigenvalue weighted by Gasteiger charge is 2.33. The first-order chi connectivity index (χ1) is 13.6. The van der Waals surface area contributed by atoms with Crippen LogP contribution in [0.3, 0.4) is 0 Å². The van der Waals surface area contributed by atoms with Crippen molar-refractivity contribution in [2.45, 2.75) is 20.0 Å². The monoisotopic (exact) mass is 365 g/mol.